The molecule has 0 fully saturated rings. The van der Waals surface area contributed by atoms with Crippen molar-refractivity contribution < 1.29 is 9.90 Å². The predicted molar refractivity (Wildman–Crippen MR) is 61.6 cm³/mol. The molecule has 0 atom stereocenters. The molecule has 0 radical (unpaired) electrons. The molecule has 1 heterocycles. The standard InChI is InChI=1S/C11H17N3O2/c1-2-3-4-14(5-6-15)11-12-7-10(9-16)8-13-11/h7-9,15H,2-6H2,1H3. The fourth-order valence-electron chi connectivity index (χ4n) is 1.34. The molecule has 0 amide bonds. The third-order valence-electron chi connectivity index (χ3n) is 2.23. The van der Waals surface area contributed by atoms with E-state index in [0.717, 1.165) is 19.4 Å². The lowest BCUT2D eigenvalue weighted by Gasteiger charge is -2.20. The Labute approximate surface area is 95.1 Å². The molecule has 0 aliphatic carbocycles. The van der Waals surface area contributed by atoms with Gasteiger partial charge >= 0.3 is 0 Å². The normalized spacial score (nSPS) is 10.1. The van der Waals surface area contributed by atoms with Gasteiger partial charge in [-0.15, -0.1) is 0 Å². The van der Waals surface area contributed by atoms with Crippen molar-refractivity contribution in [1.29, 1.82) is 0 Å². The van der Waals surface area contributed by atoms with Crippen LogP contribution in [-0.4, -0.2) is 41.1 Å². The van der Waals surface area contributed by atoms with E-state index in [2.05, 4.69) is 16.9 Å². The molecular formula is C11H17N3O2. The lowest BCUT2D eigenvalue weighted by atomic mass is 10.3. The summed E-state index contributed by atoms with van der Waals surface area (Å²) in [5.74, 6) is 0.563. The van der Waals surface area contributed by atoms with Crippen molar-refractivity contribution in [1.82, 2.24) is 9.97 Å². The van der Waals surface area contributed by atoms with Crippen LogP contribution in [-0.2, 0) is 0 Å². The molecule has 0 aliphatic heterocycles. The zero-order valence-electron chi connectivity index (χ0n) is 9.46. The van der Waals surface area contributed by atoms with Crippen LogP contribution in [0.15, 0.2) is 12.4 Å². The lowest BCUT2D eigenvalue weighted by Crippen LogP contribution is -2.29. The summed E-state index contributed by atoms with van der Waals surface area (Å²) < 4.78 is 0. The predicted octanol–water partition coefficient (Wildman–Crippen LogP) is 0.888. The summed E-state index contributed by atoms with van der Waals surface area (Å²) in [5.41, 5.74) is 0.461. The summed E-state index contributed by atoms with van der Waals surface area (Å²) in [6.45, 7) is 3.51. The zero-order valence-corrected chi connectivity index (χ0v) is 9.46. The fraction of sp³-hybridized carbons (Fsp3) is 0.545. The molecule has 0 spiro atoms. The van der Waals surface area contributed by atoms with E-state index in [-0.39, 0.29) is 6.61 Å². The van der Waals surface area contributed by atoms with E-state index in [0.29, 0.717) is 24.3 Å². The first-order chi connectivity index (χ1) is 7.81. The van der Waals surface area contributed by atoms with Gasteiger partial charge in [-0.3, -0.25) is 4.79 Å². The maximum Gasteiger partial charge on any atom is 0.225 e. The smallest absolute Gasteiger partial charge is 0.225 e. The highest BCUT2D eigenvalue weighted by Crippen LogP contribution is 2.07. The molecule has 0 aliphatic rings. The van der Waals surface area contributed by atoms with Crippen LogP contribution in [0, 0.1) is 0 Å². The van der Waals surface area contributed by atoms with Gasteiger partial charge in [0, 0.05) is 25.5 Å². The molecular weight excluding hydrogens is 206 g/mol. The minimum absolute atomic E-state index is 0.0719. The van der Waals surface area contributed by atoms with Crippen LogP contribution in [0.4, 0.5) is 5.95 Å². The van der Waals surface area contributed by atoms with E-state index in [1.54, 1.807) is 0 Å². The Morgan fingerprint density at radius 1 is 1.38 bits per heavy atom. The average Bonchev–Trinajstić information content (AvgIpc) is 2.35. The molecule has 16 heavy (non-hydrogen) atoms. The van der Waals surface area contributed by atoms with E-state index < -0.39 is 0 Å². The number of rotatable bonds is 7. The van der Waals surface area contributed by atoms with Crippen LogP contribution >= 0.6 is 0 Å². The molecule has 1 rings (SSSR count). The van der Waals surface area contributed by atoms with Gasteiger partial charge in [-0.2, -0.15) is 0 Å². The molecule has 0 unspecified atom stereocenters. The van der Waals surface area contributed by atoms with Gasteiger partial charge < -0.3 is 10.0 Å². The first kappa shape index (κ1) is 12.6. The number of aromatic nitrogens is 2. The van der Waals surface area contributed by atoms with Crippen molar-refractivity contribution >= 4 is 12.2 Å². The molecule has 1 aromatic heterocycles. The Bertz CT molecular complexity index is 314. The van der Waals surface area contributed by atoms with E-state index in [9.17, 15) is 4.79 Å². The van der Waals surface area contributed by atoms with Crippen molar-refractivity contribution in [2.75, 3.05) is 24.6 Å². The number of carbonyl (C=O) groups is 1. The van der Waals surface area contributed by atoms with Crippen LogP contribution in [0.5, 0.6) is 0 Å². The molecule has 0 saturated carbocycles. The SMILES string of the molecule is CCCCN(CCO)c1ncc(C=O)cn1. The third-order valence-corrected chi connectivity index (χ3v) is 2.23. The summed E-state index contributed by atoms with van der Waals surface area (Å²) >= 11 is 0. The number of anilines is 1. The average molecular weight is 223 g/mol. The maximum atomic E-state index is 10.5. The molecule has 88 valence electrons. The number of hydrogen-bond acceptors (Lipinski definition) is 5. The zero-order chi connectivity index (χ0) is 11.8. The number of hydrogen-bond donors (Lipinski definition) is 1. The molecule has 0 saturated heterocycles. The summed E-state index contributed by atoms with van der Waals surface area (Å²) in [7, 11) is 0. The van der Waals surface area contributed by atoms with E-state index in [4.69, 9.17) is 5.11 Å². The van der Waals surface area contributed by atoms with Gasteiger partial charge in [0.05, 0.1) is 12.2 Å². The van der Waals surface area contributed by atoms with Gasteiger partial charge in [-0.05, 0) is 6.42 Å². The number of unbranched alkanes of at least 4 members (excludes halogenated alkanes) is 1. The first-order valence-corrected chi connectivity index (χ1v) is 5.44. The van der Waals surface area contributed by atoms with Gasteiger partial charge in [-0.1, -0.05) is 13.3 Å². The topological polar surface area (TPSA) is 66.3 Å². The Morgan fingerprint density at radius 2 is 2.06 bits per heavy atom. The minimum atomic E-state index is 0.0719. The van der Waals surface area contributed by atoms with Gasteiger partial charge in [0.2, 0.25) is 5.95 Å². The lowest BCUT2D eigenvalue weighted by molar-refractivity contribution is 0.112. The Balaban J connectivity index is 2.70. The Hall–Kier alpha value is -1.49. The Kier molecular flexibility index (Phi) is 5.42. The van der Waals surface area contributed by atoms with Crippen LogP contribution in [0.1, 0.15) is 30.1 Å². The molecule has 0 bridgehead atoms. The van der Waals surface area contributed by atoms with Gasteiger partial charge in [0.15, 0.2) is 6.29 Å². The second-order valence-electron chi connectivity index (χ2n) is 3.50. The van der Waals surface area contributed by atoms with Crippen LogP contribution in [0.3, 0.4) is 0 Å². The Morgan fingerprint density at radius 3 is 2.56 bits per heavy atom. The van der Waals surface area contributed by atoms with Gasteiger partial charge in [0.25, 0.3) is 0 Å². The first-order valence-electron chi connectivity index (χ1n) is 5.44. The van der Waals surface area contributed by atoms with Gasteiger partial charge in [0.1, 0.15) is 0 Å². The third kappa shape index (κ3) is 3.58. The number of aliphatic hydroxyl groups excluding tert-OH is 1. The number of aldehydes is 1. The largest absolute Gasteiger partial charge is 0.395 e. The highest BCUT2D eigenvalue weighted by atomic mass is 16.3. The summed E-state index contributed by atoms with van der Waals surface area (Å²) in [4.78, 5) is 20.6. The molecule has 0 aromatic carbocycles. The van der Waals surface area contributed by atoms with E-state index in [1.807, 2.05) is 4.90 Å². The molecule has 1 aromatic rings. The van der Waals surface area contributed by atoms with Crippen LogP contribution in [0.25, 0.3) is 0 Å². The maximum absolute atomic E-state index is 10.5. The quantitative estimate of drug-likeness (QED) is 0.695. The van der Waals surface area contributed by atoms with Crippen molar-refractivity contribution in [3.05, 3.63) is 18.0 Å². The summed E-state index contributed by atoms with van der Waals surface area (Å²) in [6.07, 6.45) is 5.80. The monoisotopic (exact) mass is 223 g/mol. The van der Waals surface area contributed by atoms with Crippen molar-refractivity contribution in [2.45, 2.75) is 19.8 Å². The van der Waals surface area contributed by atoms with Crippen molar-refractivity contribution in [3.63, 3.8) is 0 Å². The van der Waals surface area contributed by atoms with Crippen molar-refractivity contribution in [3.8, 4) is 0 Å². The highest BCUT2D eigenvalue weighted by Gasteiger charge is 2.07. The minimum Gasteiger partial charge on any atom is -0.395 e. The number of carbonyl (C=O) groups excluding carboxylic acids is 1. The van der Waals surface area contributed by atoms with Crippen LogP contribution in [0.2, 0.25) is 0 Å². The second kappa shape index (κ2) is 6.90. The fourth-order valence-corrected chi connectivity index (χ4v) is 1.34. The molecule has 5 heteroatoms. The second-order valence-corrected chi connectivity index (χ2v) is 3.50. The highest BCUT2D eigenvalue weighted by molar-refractivity contribution is 5.73. The summed E-state index contributed by atoms with van der Waals surface area (Å²) in [6, 6.07) is 0. The van der Waals surface area contributed by atoms with E-state index >= 15 is 0 Å². The molecule has 5 nitrogen and oxygen atoms in total. The van der Waals surface area contributed by atoms with Crippen LogP contribution < -0.4 is 4.90 Å². The molecule has 1 N–H and O–H groups in total. The number of nitrogens with zero attached hydrogens (tertiary/aromatic N) is 3. The summed E-state index contributed by atoms with van der Waals surface area (Å²) in [5, 5.41) is 8.94. The van der Waals surface area contributed by atoms with Crippen molar-refractivity contribution in [2.24, 2.45) is 0 Å². The number of aliphatic hydroxyl groups is 1. The van der Waals surface area contributed by atoms with Gasteiger partial charge in [-0.25, -0.2) is 9.97 Å². The van der Waals surface area contributed by atoms with E-state index in [1.165, 1.54) is 12.4 Å².